The normalized spacial score (nSPS) is 9.78. The van der Waals surface area contributed by atoms with Gasteiger partial charge in [0.05, 0.1) is 6.07 Å². The molecular formula is C17H14ClN3O2. The minimum Gasteiger partial charge on any atom is -0.325 e. The third-order valence-corrected chi connectivity index (χ3v) is 3.43. The van der Waals surface area contributed by atoms with Crippen LogP contribution in [-0.4, -0.2) is 18.9 Å². The molecule has 0 aromatic heterocycles. The van der Waals surface area contributed by atoms with Crippen LogP contribution in [0.3, 0.4) is 0 Å². The van der Waals surface area contributed by atoms with Gasteiger partial charge in [-0.1, -0.05) is 11.6 Å². The SMILES string of the molecule is CN(C(=O)c1ccc(NC(=O)CC#N)cc1)c1ccc(Cl)cc1. The Labute approximate surface area is 139 Å². The van der Waals surface area contributed by atoms with Crippen LogP contribution in [0, 0.1) is 11.3 Å². The van der Waals surface area contributed by atoms with E-state index in [2.05, 4.69) is 5.32 Å². The highest BCUT2D eigenvalue weighted by Crippen LogP contribution is 2.19. The third-order valence-electron chi connectivity index (χ3n) is 3.17. The molecule has 0 bridgehead atoms. The zero-order chi connectivity index (χ0) is 16.8. The molecular weight excluding hydrogens is 314 g/mol. The van der Waals surface area contributed by atoms with Crippen LogP contribution < -0.4 is 10.2 Å². The van der Waals surface area contributed by atoms with Crippen LogP contribution in [0.15, 0.2) is 48.5 Å². The van der Waals surface area contributed by atoms with E-state index in [9.17, 15) is 9.59 Å². The van der Waals surface area contributed by atoms with E-state index in [1.54, 1.807) is 61.6 Å². The largest absolute Gasteiger partial charge is 0.325 e. The number of rotatable bonds is 4. The fourth-order valence-electron chi connectivity index (χ4n) is 1.95. The number of carbonyl (C=O) groups is 2. The van der Waals surface area contributed by atoms with Crippen molar-refractivity contribution in [1.82, 2.24) is 0 Å². The standard InChI is InChI=1S/C17H14ClN3O2/c1-21(15-8-4-13(18)5-9-15)17(23)12-2-6-14(7-3-12)20-16(22)10-11-19/h2-9H,10H2,1H3,(H,20,22). The molecule has 6 heteroatoms. The van der Waals surface area contributed by atoms with E-state index >= 15 is 0 Å². The van der Waals surface area contributed by atoms with E-state index in [-0.39, 0.29) is 18.2 Å². The monoisotopic (exact) mass is 327 g/mol. The molecule has 0 atom stereocenters. The van der Waals surface area contributed by atoms with Crippen molar-refractivity contribution in [2.24, 2.45) is 0 Å². The zero-order valence-electron chi connectivity index (χ0n) is 12.4. The number of nitriles is 1. The fraction of sp³-hybridized carbons (Fsp3) is 0.118. The number of hydrogen-bond donors (Lipinski definition) is 1. The Morgan fingerprint density at radius 3 is 2.30 bits per heavy atom. The molecule has 0 aliphatic heterocycles. The van der Waals surface area contributed by atoms with Crippen molar-refractivity contribution in [2.75, 3.05) is 17.3 Å². The predicted molar refractivity (Wildman–Crippen MR) is 89.5 cm³/mol. The molecule has 0 aliphatic rings. The van der Waals surface area contributed by atoms with E-state index in [1.165, 1.54) is 4.90 Å². The number of nitrogens with one attached hydrogen (secondary N) is 1. The van der Waals surface area contributed by atoms with Gasteiger partial charge in [-0.2, -0.15) is 5.26 Å². The lowest BCUT2D eigenvalue weighted by atomic mass is 10.1. The minimum absolute atomic E-state index is 0.178. The van der Waals surface area contributed by atoms with Crippen molar-refractivity contribution in [3.63, 3.8) is 0 Å². The van der Waals surface area contributed by atoms with E-state index in [1.807, 2.05) is 0 Å². The molecule has 0 saturated carbocycles. The van der Waals surface area contributed by atoms with Gasteiger partial charge in [-0.05, 0) is 48.5 Å². The summed E-state index contributed by atoms with van der Waals surface area (Å²) in [5.74, 6) is -0.563. The zero-order valence-corrected chi connectivity index (χ0v) is 13.2. The Bertz CT molecular complexity index is 749. The highest BCUT2D eigenvalue weighted by atomic mass is 35.5. The highest BCUT2D eigenvalue weighted by Gasteiger charge is 2.13. The Hall–Kier alpha value is -2.84. The van der Waals surface area contributed by atoms with Gasteiger partial charge < -0.3 is 10.2 Å². The van der Waals surface area contributed by atoms with Gasteiger partial charge in [0.2, 0.25) is 5.91 Å². The molecule has 0 saturated heterocycles. The average molecular weight is 328 g/mol. The van der Waals surface area contributed by atoms with Gasteiger partial charge in [0.25, 0.3) is 5.91 Å². The molecule has 2 amide bonds. The maximum Gasteiger partial charge on any atom is 0.258 e. The topological polar surface area (TPSA) is 73.2 Å². The first-order valence-electron chi connectivity index (χ1n) is 6.82. The van der Waals surface area contributed by atoms with Gasteiger partial charge >= 0.3 is 0 Å². The molecule has 0 aliphatic carbocycles. The Balaban J connectivity index is 2.09. The molecule has 5 nitrogen and oxygen atoms in total. The number of benzene rings is 2. The summed E-state index contributed by atoms with van der Waals surface area (Å²) in [6.45, 7) is 0. The summed E-state index contributed by atoms with van der Waals surface area (Å²) in [5, 5.41) is 11.6. The second-order valence-corrected chi connectivity index (χ2v) is 5.24. The van der Waals surface area contributed by atoms with Gasteiger partial charge in [-0.25, -0.2) is 0 Å². The molecule has 0 radical (unpaired) electrons. The number of carbonyl (C=O) groups excluding carboxylic acids is 2. The molecule has 2 aromatic rings. The van der Waals surface area contributed by atoms with Crippen LogP contribution in [0.1, 0.15) is 16.8 Å². The summed E-state index contributed by atoms with van der Waals surface area (Å²) in [6.07, 6.45) is -0.208. The van der Waals surface area contributed by atoms with E-state index in [4.69, 9.17) is 16.9 Å². The number of nitrogens with zero attached hydrogens (tertiary/aromatic N) is 2. The Kier molecular flexibility index (Phi) is 5.34. The predicted octanol–water partition coefficient (Wildman–Crippen LogP) is 3.47. The van der Waals surface area contributed by atoms with Gasteiger partial charge in [0.15, 0.2) is 0 Å². The van der Waals surface area contributed by atoms with Gasteiger partial charge in [-0.15, -0.1) is 0 Å². The summed E-state index contributed by atoms with van der Waals surface area (Å²) in [6, 6.07) is 15.2. The average Bonchev–Trinajstić information content (AvgIpc) is 2.55. The van der Waals surface area contributed by atoms with Crippen LogP contribution in [0.4, 0.5) is 11.4 Å². The van der Waals surface area contributed by atoms with Gasteiger partial charge in [0, 0.05) is 29.0 Å². The van der Waals surface area contributed by atoms with Gasteiger partial charge in [0.1, 0.15) is 6.42 Å². The van der Waals surface area contributed by atoms with Crippen molar-refractivity contribution in [1.29, 1.82) is 5.26 Å². The van der Waals surface area contributed by atoms with Crippen LogP contribution in [0.2, 0.25) is 5.02 Å². The second-order valence-electron chi connectivity index (χ2n) is 4.80. The summed E-state index contributed by atoms with van der Waals surface area (Å²) in [4.78, 5) is 25.3. The molecule has 0 fully saturated rings. The van der Waals surface area contributed by atoms with Crippen molar-refractivity contribution < 1.29 is 9.59 Å². The van der Waals surface area contributed by atoms with Crippen molar-refractivity contribution in [3.05, 3.63) is 59.1 Å². The summed E-state index contributed by atoms with van der Waals surface area (Å²) >= 11 is 5.84. The minimum atomic E-state index is -0.384. The molecule has 2 rings (SSSR count). The van der Waals surface area contributed by atoms with Crippen LogP contribution in [-0.2, 0) is 4.79 Å². The Morgan fingerprint density at radius 1 is 1.13 bits per heavy atom. The quantitative estimate of drug-likeness (QED) is 0.934. The number of halogens is 1. The number of hydrogen-bond acceptors (Lipinski definition) is 3. The lowest BCUT2D eigenvalue weighted by Gasteiger charge is -2.17. The second kappa shape index (κ2) is 7.43. The Morgan fingerprint density at radius 2 is 1.74 bits per heavy atom. The summed E-state index contributed by atoms with van der Waals surface area (Å²) < 4.78 is 0. The van der Waals surface area contributed by atoms with Crippen molar-refractivity contribution in [3.8, 4) is 6.07 Å². The molecule has 23 heavy (non-hydrogen) atoms. The molecule has 2 aromatic carbocycles. The van der Waals surface area contributed by atoms with Crippen LogP contribution >= 0.6 is 11.6 Å². The molecule has 0 spiro atoms. The van der Waals surface area contributed by atoms with E-state index < -0.39 is 0 Å². The van der Waals surface area contributed by atoms with Crippen LogP contribution in [0.25, 0.3) is 0 Å². The van der Waals surface area contributed by atoms with Crippen molar-refractivity contribution >= 4 is 34.8 Å². The first-order valence-corrected chi connectivity index (χ1v) is 7.19. The smallest absolute Gasteiger partial charge is 0.258 e. The van der Waals surface area contributed by atoms with E-state index in [0.717, 1.165) is 5.69 Å². The van der Waals surface area contributed by atoms with Crippen LogP contribution in [0.5, 0.6) is 0 Å². The van der Waals surface area contributed by atoms with E-state index in [0.29, 0.717) is 16.3 Å². The summed E-state index contributed by atoms with van der Waals surface area (Å²) in [5.41, 5.74) is 1.75. The first kappa shape index (κ1) is 16.5. The lowest BCUT2D eigenvalue weighted by molar-refractivity contribution is -0.115. The maximum atomic E-state index is 12.4. The van der Waals surface area contributed by atoms with Gasteiger partial charge in [-0.3, -0.25) is 9.59 Å². The molecule has 1 N–H and O–H groups in total. The fourth-order valence-corrected chi connectivity index (χ4v) is 2.07. The highest BCUT2D eigenvalue weighted by molar-refractivity contribution is 6.30. The molecule has 0 unspecified atom stereocenters. The number of amides is 2. The number of anilines is 2. The first-order chi connectivity index (χ1) is 11.0. The molecule has 0 heterocycles. The molecule has 116 valence electrons. The third kappa shape index (κ3) is 4.31. The summed E-state index contributed by atoms with van der Waals surface area (Å²) in [7, 11) is 1.67. The lowest BCUT2D eigenvalue weighted by Crippen LogP contribution is -2.26. The maximum absolute atomic E-state index is 12.4. The van der Waals surface area contributed by atoms with Crippen molar-refractivity contribution in [2.45, 2.75) is 6.42 Å².